The van der Waals surface area contributed by atoms with Gasteiger partial charge in [-0.15, -0.1) is 0 Å². The summed E-state index contributed by atoms with van der Waals surface area (Å²) in [6, 6.07) is 11.9. The number of hydrogen-bond donors (Lipinski definition) is 1. The van der Waals surface area contributed by atoms with Gasteiger partial charge in [0.05, 0.1) is 6.61 Å². The monoisotopic (exact) mass is 313 g/mol. The van der Waals surface area contributed by atoms with Crippen LogP contribution in [0.4, 0.5) is 0 Å². The van der Waals surface area contributed by atoms with E-state index in [-0.39, 0.29) is 5.91 Å². The van der Waals surface area contributed by atoms with Crippen molar-refractivity contribution in [3.05, 3.63) is 53.9 Å². The first-order valence-electron chi connectivity index (χ1n) is 8.13. The fourth-order valence-electron chi connectivity index (χ4n) is 2.86. The van der Waals surface area contributed by atoms with Gasteiger partial charge in [-0.1, -0.05) is 12.1 Å². The van der Waals surface area contributed by atoms with Crippen molar-refractivity contribution in [1.29, 1.82) is 0 Å². The summed E-state index contributed by atoms with van der Waals surface area (Å²) in [6.07, 6.45) is 1.79. The summed E-state index contributed by atoms with van der Waals surface area (Å²) in [5, 5.41) is 0. The summed E-state index contributed by atoms with van der Waals surface area (Å²) >= 11 is 0. The molecule has 0 unspecified atom stereocenters. The van der Waals surface area contributed by atoms with E-state index in [1.165, 1.54) is 5.56 Å². The van der Waals surface area contributed by atoms with Crippen LogP contribution in [0.1, 0.15) is 23.0 Å². The van der Waals surface area contributed by atoms with Crippen LogP contribution in [0.3, 0.4) is 0 Å². The lowest BCUT2D eigenvalue weighted by Crippen LogP contribution is -2.48. The molecule has 5 nitrogen and oxygen atoms in total. The summed E-state index contributed by atoms with van der Waals surface area (Å²) in [4.78, 5) is 19.6. The molecule has 1 aromatic carbocycles. The molecule has 3 rings (SSSR count). The molecule has 2 heterocycles. The molecular formula is C18H23N3O2. The molecule has 0 atom stereocenters. The molecule has 1 aromatic heterocycles. The molecule has 122 valence electrons. The SMILES string of the molecule is CCOc1ccc(CN2CCN(C(=O)c3ccc[nH]3)CC2)cc1. The summed E-state index contributed by atoms with van der Waals surface area (Å²) in [5.41, 5.74) is 1.95. The Labute approximate surface area is 136 Å². The predicted octanol–water partition coefficient (Wildman–Crippen LogP) is 2.37. The van der Waals surface area contributed by atoms with Gasteiger partial charge < -0.3 is 14.6 Å². The van der Waals surface area contributed by atoms with Crippen LogP contribution in [0.25, 0.3) is 0 Å². The molecule has 1 N–H and O–H groups in total. The summed E-state index contributed by atoms with van der Waals surface area (Å²) < 4.78 is 5.47. The number of nitrogens with zero attached hydrogens (tertiary/aromatic N) is 2. The van der Waals surface area contributed by atoms with Gasteiger partial charge in [0.2, 0.25) is 0 Å². The maximum Gasteiger partial charge on any atom is 0.270 e. The highest BCUT2D eigenvalue weighted by molar-refractivity contribution is 5.92. The Morgan fingerprint density at radius 1 is 1.13 bits per heavy atom. The van der Waals surface area contributed by atoms with Gasteiger partial charge in [0.15, 0.2) is 0 Å². The van der Waals surface area contributed by atoms with Crippen molar-refractivity contribution in [2.24, 2.45) is 0 Å². The zero-order valence-electron chi connectivity index (χ0n) is 13.5. The van der Waals surface area contributed by atoms with E-state index in [1.807, 2.05) is 36.1 Å². The van der Waals surface area contributed by atoms with Gasteiger partial charge in [-0.25, -0.2) is 0 Å². The molecule has 1 aliphatic heterocycles. The lowest BCUT2D eigenvalue weighted by molar-refractivity contribution is 0.0623. The van der Waals surface area contributed by atoms with Gasteiger partial charge in [0, 0.05) is 38.9 Å². The third-order valence-corrected chi connectivity index (χ3v) is 4.13. The number of piperazine rings is 1. The molecule has 1 saturated heterocycles. The second-order valence-electron chi connectivity index (χ2n) is 5.73. The molecule has 1 fully saturated rings. The fourth-order valence-corrected chi connectivity index (χ4v) is 2.86. The van der Waals surface area contributed by atoms with Crippen molar-refractivity contribution in [2.45, 2.75) is 13.5 Å². The van der Waals surface area contributed by atoms with Crippen molar-refractivity contribution < 1.29 is 9.53 Å². The number of benzene rings is 1. The average Bonchev–Trinajstić information content (AvgIpc) is 3.11. The predicted molar refractivity (Wildman–Crippen MR) is 89.6 cm³/mol. The van der Waals surface area contributed by atoms with Gasteiger partial charge in [0.1, 0.15) is 11.4 Å². The number of hydrogen-bond acceptors (Lipinski definition) is 3. The maximum atomic E-state index is 12.3. The van der Waals surface area contributed by atoms with Crippen LogP contribution in [-0.2, 0) is 6.54 Å². The van der Waals surface area contributed by atoms with Crippen LogP contribution >= 0.6 is 0 Å². The van der Waals surface area contributed by atoms with Gasteiger partial charge >= 0.3 is 0 Å². The molecule has 1 amide bonds. The number of rotatable bonds is 5. The van der Waals surface area contributed by atoms with Crippen LogP contribution < -0.4 is 4.74 Å². The van der Waals surface area contributed by atoms with Crippen LogP contribution in [-0.4, -0.2) is 53.5 Å². The molecule has 23 heavy (non-hydrogen) atoms. The van der Waals surface area contributed by atoms with Crippen molar-refractivity contribution in [3.63, 3.8) is 0 Å². The van der Waals surface area contributed by atoms with Crippen LogP contribution in [0.2, 0.25) is 0 Å². The van der Waals surface area contributed by atoms with Crippen molar-refractivity contribution in [3.8, 4) is 5.75 Å². The zero-order valence-corrected chi connectivity index (χ0v) is 13.5. The lowest BCUT2D eigenvalue weighted by atomic mass is 10.2. The third kappa shape index (κ3) is 3.93. The first-order chi connectivity index (χ1) is 11.3. The first-order valence-corrected chi connectivity index (χ1v) is 8.13. The summed E-state index contributed by atoms with van der Waals surface area (Å²) in [7, 11) is 0. The van der Waals surface area contributed by atoms with E-state index in [0.717, 1.165) is 38.5 Å². The number of H-pyrrole nitrogens is 1. The summed E-state index contributed by atoms with van der Waals surface area (Å²) in [5.74, 6) is 1.01. The Bertz CT molecular complexity index is 614. The molecule has 0 aliphatic carbocycles. The highest BCUT2D eigenvalue weighted by Crippen LogP contribution is 2.15. The van der Waals surface area contributed by atoms with E-state index in [4.69, 9.17) is 4.74 Å². The minimum atomic E-state index is 0.0933. The quantitative estimate of drug-likeness (QED) is 0.922. The fraction of sp³-hybridized carbons (Fsp3) is 0.389. The molecule has 2 aromatic rings. The van der Waals surface area contributed by atoms with Crippen LogP contribution in [0.5, 0.6) is 5.75 Å². The molecule has 0 radical (unpaired) electrons. The standard InChI is InChI=1S/C18H23N3O2/c1-2-23-16-7-5-15(6-8-16)14-20-10-12-21(13-11-20)18(22)17-4-3-9-19-17/h3-9,19H,2,10-14H2,1H3. The molecular weight excluding hydrogens is 290 g/mol. The smallest absolute Gasteiger partial charge is 0.270 e. The van der Waals surface area contributed by atoms with Gasteiger partial charge in [-0.05, 0) is 36.8 Å². The first kappa shape index (κ1) is 15.6. The number of carbonyl (C=O) groups is 1. The average molecular weight is 313 g/mol. The second kappa shape index (κ2) is 7.33. The Kier molecular flexibility index (Phi) is 4.98. The minimum absolute atomic E-state index is 0.0933. The highest BCUT2D eigenvalue weighted by Gasteiger charge is 2.22. The van der Waals surface area contributed by atoms with Crippen molar-refractivity contribution >= 4 is 5.91 Å². The number of aromatic nitrogens is 1. The number of amides is 1. The molecule has 1 aliphatic rings. The normalized spacial score (nSPS) is 15.6. The number of aromatic amines is 1. The van der Waals surface area contributed by atoms with E-state index in [9.17, 15) is 4.79 Å². The van der Waals surface area contributed by atoms with Crippen molar-refractivity contribution in [2.75, 3.05) is 32.8 Å². The zero-order chi connectivity index (χ0) is 16.1. The lowest BCUT2D eigenvalue weighted by Gasteiger charge is -2.34. The maximum absolute atomic E-state index is 12.3. The topological polar surface area (TPSA) is 48.6 Å². The van der Waals surface area contributed by atoms with E-state index in [1.54, 1.807) is 6.20 Å². The Morgan fingerprint density at radius 2 is 1.87 bits per heavy atom. The van der Waals surface area contributed by atoms with Gasteiger partial charge in [0.25, 0.3) is 5.91 Å². The summed E-state index contributed by atoms with van der Waals surface area (Å²) in [6.45, 7) is 6.94. The van der Waals surface area contributed by atoms with E-state index < -0.39 is 0 Å². The second-order valence-corrected chi connectivity index (χ2v) is 5.73. The Balaban J connectivity index is 1.50. The Hall–Kier alpha value is -2.27. The number of ether oxygens (including phenoxy) is 1. The number of carbonyl (C=O) groups excluding carboxylic acids is 1. The minimum Gasteiger partial charge on any atom is -0.494 e. The van der Waals surface area contributed by atoms with Gasteiger partial charge in [-0.2, -0.15) is 0 Å². The Morgan fingerprint density at radius 3 is 2.48 bits per heavy atom. The van der Waals surface area contributed by atoms with Crippen LogP contribution in [0.15, 0.2) is 42.6 Å². The molecule has 5 heteroatoms. The van der Waals surface area contributed by atoms with E-state index >= 15 is 0 Å². The van der Waals surface area contributed by atoms with E-state index in [2.05, 4.69) is 22.0 Å². The highest BCUT2D eigenvalue weighted by atomic mass is 16.5. The van der Waals surface area contributed by atoms with Gasteiger partial charge in [-0.3, -0.25) is 9.69 Å². The van der Waals surface area contributed by atoms with Crippen LogP contribution in [0, 0.1) is 0 Å². The molecule has 0 spiro atoms. The van der Waals surface area contributed by atoms with Crippen molar-refractivity contribution in [1.82, 2.24) is 14.8 Å². The van der Waals surface area contributed by atoms with E-state index in [0.29, 0.717) is 12.3 Å². The molecule has 0 bridgehead atoms. The third-order valence-electron chi connectivity index (χ3n) is 4.13. The number of nitrogens with one attached hydrogen (secondary N) is 1. The molecule has 0 saturated carbocycles. The largest absolute Gasteiger partial charge is 0.494 e.